The van der Waals surface area contributed by atoms with E-state index in [4.69, 9.17) is 16.3 Å². The lowest BCUT2D eigenvalue weighted by Crippen LogP contribution is -2.26. The number of methoxy groups -OCH3 is 1. The summed E-state index contributed by atoms with van der Waals surface area (Å²) in [4.78, 5) is 35.9. The second kappa shape index (κ2) is 10.9. The molecule has 0 fully saturated rings. The molecule has 3 heterocycles. The molecule has 0 aliphatic heterocycles. The zero-order chi connectivity index (χ0) is 28.5. The summed E-state index contributed by atoms with van der Waals surface area (Å²) in [5.74, 6) is 1.15. The van der Waals surface area contributed by atoms with Crippen LogP contribution in [0.5, 0.6) is 5.75 Å². The van der Waals surface area contributed by atoms with Crippen LogP contribution in [0.3, 0.4) is 0 Å². The predicted molar refractivity (Wildman–Crippen MR) is 162 cm³/mol. The second-order valence-corrected chi connectivity index (χ2v) is 10.1. The topological polar surface area (TPSA) is 91.0 Å². The third kappa shape index (κ3) is 4.94. The van der Waals surface area contributed by atoms with Gasteiger partial charge in [0, 0.05) is 30.2 Å². The van der Waals surface area contributed by atoms with E-state index in [2.05, 4.69) is 15.3 Å². The van der Waals surface area contributed by atoms with Crippen molar-refractivity contribution in [1.29, 1.82) is 0 Å². The number of para-hydroxylation sites is 1. The van der Waals surface area contributed by atoms with Crippen molar-refractivity contribution in [2.45, 2.75) is 19.5 Å². The average molecular weight is 564 g/mol. The zero-order valence-corrected chi connectivity index (χ0v) is 23.2. The van der Waals surface area contributed by atoms with Crippen LogP contribution in [0.1, 0.15) is 24.2 Å². The van der Waals surface area contributed by atoms with E-state index in [1.54, 1.807) is 23.9 Å². The molecular weight excluding hydrogens is 538 g/mol. The highest BCUT2D eigenvalue weighted by molar-refractivity contribution is 6.35. The predicted octanol–water partition coefficient (Wildman–Crippen LogP) is 5.98. The molecule has 6 rings (SSSR count). The van der Waals surface area contributed by atoms with E-state index in [1.165, 1.54) is 12.4 Å². The minimum absolute atomic E-state index is 0.202. The number of hydrogen-bond acceptors (Lipinski definition) is 6. The number of halogens is 1. The van der Waals surface area contributed by atoms with Gasteiger partial charge in [-0.15, -0.1) is 0 Å². The van der Waals surface area contributed by atoms with Gasteiger partial charge in [-0.25, -0.2) is 9.97 Å². The summed E-state index contributed by atoms with van der Waals surface area (Å²) in [6.45, 7) is 2.43. The van der Waals surface area contributed by atoms with Crippen LogP contribution in [-0.2, 0) is 6.54 Å². The summed E-state index contributed by atoms with van der Waals surface area (Å²) in [5, 5.41) is 5.33. The lowest BCUT2D eigenvalue weighted by Gasteiger charge is -2.22. The lowest BCUT2D eigenvalue weighted by atomic mass is 10.1. The largest absolute Gasteiger partial charge is 0.497 e. The first kappa shape index (κ1) is 26.3. The summed E-state index contributed by atoms with van der Waals surface area (Å²) >= 11 is 6.46. The Hall–Kier alpha value is -4.95. The van der Waals surface area contributed by atoms with Crippen molar-refractivity contribution in [3.8, 4) is 11.4 Å². The van der Waals surface area contributed by atoms with Crippen molar-refractivity contribution >= 4 is 39.2 Å². The highest BCUT2D eigenvalue weighted by Gasteiger charge is 2.20. The fourth-order valence-corrected chi connectivity index (χ4v) is 5.34. The number of aromatic nitrogens is 4. The molecule has 204 valence electrons. The minimum Gasteiger partial charge on any atom is -0.497 e. The number of anilines is 1. The molecule has 1 atom stereocenters. The molecule has 8 nitrogen and oxygen atoms in total. The molecule has 6 aromatic rings. The molecular formula is C32H26ClN5O3. The summed E-state index contributed by atoms with van der Waals surface area (Å²) < 4.78 is 8.82. The fourth-order valence-electron chi connectivity index (χ4n) is 5.08. The SMILES string of the molecule is COc1ccc(Cn2ccc(=O)c3c(NC(C)c4cc5cccc(Cl)c5c(=O)n4-c4ccccc4)ncnc32)cc1. The fraction of sp³-hybridized carbons (Fsp3) is 0.125. The molecule has 0 radical (unpaired) electrons. The van der Waals surface area contributed by atoms with Crippen molar-refractivity contribution < 1.29 is 4.74 Å². The van der Waals surface area contributed by atoms with Gasteiger partial charge >= 0.3 is 0 Å². The first-order valence-electron chi connectivity index (χ1n) is 13.1. The maximum absolute atomic E-state index is 13.8. The molecule has 41 heavy (non-hydrogen) atoms. The molecule has 0 aliphatic carbocycles. The average Bonchev–Trinajstić information content (AvgIpc) is 2.99. The molecule has 3 aromatic carbocycles. The second-order valence-electron chi connectivity index (χ2n) is 9.69. The summed E-state index contributed by atoms with van der Waals surface area (Å²) in [6, 6.07) is 25.6. The third-order valence-electron chi connectivity index (χ3n) is 7.10. The van der Waals surface area contributed by atoms with Gasteiger partial charge in [-0.2, -0.15) is 0 Å². The van der Waals surface area contributed by atoms with Crippen LogP contribution < -0.4 is 21.0 Å². The van der Waals surface area contributed by atoms with Crippen LogP contribution in [0.15, 0.2) is 107 Å². The molecule has 0 saturated carbocycles. The van der Waals surface area contributed by atoms with E-state index in [0.29, 0.717) is 45.2 Å². The van der Waals surface area contributed by atoms with Gasteiger partial charge in [0.1, 0.15) is 28.9 Å². The molecule has 0 aliphatic rings. The highest BCUT2D eigenvalue weighted by atomic mass is 35.5. The van der Waals surface area contributed by atoms with Crippen LogP contribution in [-0.4, -0.2) is 26.2 Å². The maximum Gasteiger partial charge on any atom is 0.264 e. The Kier molecular flexibility index (Phi) is 6.99. The van der Waals surface area contributed by atoms with Gasteiger partial charge in [-0.1, -0.05) is 54.1 Å². The van der Waals surface area contributed by atoms with Crippen LogP contribution >= 0.6 is 11.6 Å². The van der Waals surface area contributed by atoms with Crippen molar-refractivity contribution in [3.63, 3.8) is 0 Å². The van der Waals surface area contributed by atoms with Gasteiger partial charge in [-0.3, -0.25) is 14.2 Å². The number of nitrogens with one attached hydrogen (secondary N) is 1. The van der Waals surface area contributed by atoms with E-state index in [-0.39, 0.29) is 11.0 Å². The van der Waals surface area contributed by atoms with E-state index >= 15 is 0 Å². The number of rotatable bonds is 7. The monoisotopic (exact) mass is 563 g/mol. The first-order valence-corrected chi connectivity index (χ1v) is 13.5. The molecule has 0 spiro atoms. The summed E-state index contributed by atoms with van der Waals surface area (Å²) in [5.41, 5.74) is 2.50. The van der Waals surface area contributed by atoms with E-state index in [0.717, 1.165) is 16.7 Å². The highest BCUT2D eigenvalue weighted by Crippen LogP contribution is 2.28. The van der Waals surface area contributed by atoms with Crippen LogP contribution in [0.4, 0.5) is 5.82 Å². The standard InChI is InChI=1S/C32H26ClN5O3/c1-20(26-17-22-7-6-10-25(33)28(22)32(40)38(26)23-8-4-3-5-9-23)36-30-29-27(39)15-16-37(31(29)35-19-34-30)18-21-11-13-24(41-2)14-12-21/h3-17,19-20H,18H2,1-2H3,(H,34,35,36). The summed E-state index contributed by atoms with van der Waals surface area (Å²) in [7, 11) is 1.63. The smallest absolute Gasteiger partial charge is 0.264 e. The van der Waals surface area contributed by atoms with Gasteiger partial charge in [-0.05, 0) is 54.3 Å². The Morgan fingerprint density at radius 3 is 2.46 bits per heavy atom. The van der Waals surface area contributed by atoms with Crippen molar-refractivity contribution in [1.82, 2.24) is 19.1 Å². The van der Waals surface area contributed by atoms with Gasteiger partial charge in [0.05, 0.1) is 23.6 Å². The Bertz CT molecular complexity index is 2000. The van der Waals surface area contributed by atoms with E-state index < -0.39 is 6.04 Å². The number of nitrogens with zero attached hydrogens (tertiary/aromatic N) is 4. The molecule has 1 unspecified atom stereocenters. The number of ether oxygens (including phenoxy) is 1. The van der Waals surface area contributed by atoms with Gasteiger partial charge in [0.2, 0.25) is 0 Å². The van der Waals surface area contributed by atoms with Crippen molar-refractivity contribution in [2.75, 3.05) is 12.4 Å². The first-order chi connectivity index (χ1) is 19.9. The van der Waals surface area contributed by atoms with Gasteiger partial charge < -0.3 is 14.6 Å². The molecule has 9 heteroatoms. The Labute approximate surface area is 240 Å². The summed E-state index contributed by atoms with van der Waals surface area (Å²) in [6.07, 6.45) is 3.17. The van der Waals surface area contributed by atoms with E-state index in [1.807, 2.05) is 84.3 Å². The molecule has 0 amide bonds. The third-order valence-corrected chi connectivity index (χ3v) is 7.41. The minimum atomic E-state index is -0.418. The Morgan fingerprint density at radius 1 is 0.927 bits per heavy atom. The van der Waals surface area contributed by atoms with Gasteiger partial charge in [0.25, 0.3) is 5.56 Å². The molecule has 0 bridgehead atoms. The number of pyridine rings is 2. The van der Waals surface area contributed by atoms with Crippen LogP contribution in [0.2, 0.25) is 5.02 Å². The Balaban J connectivity index is 1.45. The molecule has 1 N–H and O–H groups in total. The normalized spacial score (nSPS) is 12.0. The number of hydrogen-bond donors (Lipinski definition) is 1. The van der Waals surface area contributed by atoms with Crippen LogP contribution in [0, 0.1) is 0 Å². The lowest BCUT2D eigenvalue weighted by molar-refractivity contribution is 0.414. The van der Waals surface area contributed by atoms with Crippen molar-refractivity contribution in [3.05, 3.63) is 134 Å². The van der Waals surface area contributed by atoms with Gasteiger partial charge in [0.15, 0.2) is 5.43 Å². The number of fused-ring (bicyclic) bond motifs is 2. The van der Waals surface area contributed by atoms with Crippen molar-refractivity contribution in [2.24, 2.45) is 0 Å². The van der Waals surface area contributed by atoms with E-state index in [9.17, 15) is 9.59 Å². The zero-order valence-electron chi connectivity index (χ0n) is 22.4. The quantitative estimate of drug-likeness (QED) is 0.257. The molecule has 0 saturated heterocycles. The molecule has 3 aromatic heterocycles. The maximum atomic E-state index is 13.8. The van der Waals surface area contributed by atoms with Crippen LogP contribution in [0.25, 0.3) is 27.5 Å². The Morgan fingerprint density at radius 2 is 1.71 bits per heavy atom. The number of benzene rings is 3.